The van der Waals surface area contributed by atoms with Crippen LogP contribution in [0.25, 0.3) is 10.1 Å². The summed E-state index contributed by atoms with van der Waals surface area (Å²) in [5.74, 6) is -3.21. The molecule has 1 aromatic heterocycles. The average molecular weight is 444 g/mol. The van der Waals surface area contributed by atoms with Crippen LogP contribution in [-0.2, 0) is 20.6 Å². The smallest absolute Gasteiger partial charge is 0.323 e. The number of sulfonamides is 1. The van der Waals surface area contributed by atoms with E-state index in [9.17, 15) is 27.9 Å². The molecule has 10 heteroatoms. The number of carboxylic acids is 1. The monoisotopic (exact) mass is 444 g/mol. The standard InChI is InChI=1S/C20H16N2O6S2/c23-18-14-3-1-2-4-15(14)19(24)22(18)10-16(20(25)26)21-30(27,28)11-12-5-6-17-13(9-12)7-8-29-17/h1-9,16,21H,10-11H2,(H,25,26)/t16-/m1/s1. The van der Waals surface area contributed by atoms with Crippen molar-refractivity contribution in [1.82, 2.24) is 9.62 Å². The number of benzene rings is 2. The molecule has 154 valence electrons. The summed E-state index contributed by atoms with van der Waals surface area (Å²) in [6.45, 7) is -0.607. The van der Waals surface area contributed by atoms with E-state index in [0.717, 1.165) is 15.0 Å². The molecule has 0 aliphatic carbocycles. The lowest BCUT2D eigenvalue weighted by atomic mass is 10.1. The van der Waals surface area contributed by atoms with Crippen LogP contribution in [0.15, 0.2) is 53.9 Å². The van der Waals surface area contributed by atoms with Crippen LogP contribution in [0.3, 0.4) is 0 Å². The fourth-order valence-electron chi connectivity index (χ4n) is 3.34. The first-order valence-electron chi connectivity index (χ1n) is 8.89. The third kappa shape index (κ3) is 3.84. The van der Waals surface area contributed by atoms with Crippen LogP contribution in [0, 0.1) is 0 Å². The van der Waals surface area contributed by atoms with Crippen LogP contribution < -0.4 is 4.72 Å². The second kappa shape index (κ2) is 7.63. The SMILES string of the molecule is O=C(O)[C@@H](CN1C(=O)c2ccccc2C1=O)NS(=O)(=O)Cc1ccc2sccc2c1. The number of aliphatic carboxylic acids is 1. The Morgan fingerprint density at radius 1 is 1.07 bits per heavy atom. The van der Waals surface area contributed by atoms with E-state index in [1.165, 1.54) is 23.5 Å². The van der Waals surface area contributed by atoms with Gasteiger partial charge in [-0.3, -0.25) is 19.3 Å². The van der Waals surface area contributed by atoms with E-state index < -0.39 is 46.1 Å². The molecule has 0 saturated heterocycles. The van der Waals surface area contributed by atoms with Crippen molar-refractivity contribution in [1.29, 1.82) is 0 Å². The molecule has 2 amide bonds. The van der Waals surface area contributed by atoms with Crippen molar-refractivity contribution < 1.29 is 27.9 Å². The predicted octanol–water partition coefficient (Wildman–Crippen LogP) is 2.07. The lowest BCUT2D eigenvalue weighted by Gasteiger charge is -2.20. The number of nitrogens with one attached hydrogen (secondary N) is 1. The number of rotatable bonds is 7. The van der Waals surface area contributed by atoms with E-state index in [0.29, 0.717) is 5.56 Å². The average Bonchev–Trinajstić information content (AvgIpc) is 3.25. The minimum Gasteiger partial charge on any atom is -0.480 e. The van der Waals surface area contributed by atoms with Crippen molar-refractivity contribution >= 4 is 49.2 Å². The van der Waals surface area contributed by atoms with Gasteiger partial charge in [0.1, 0.15) is 6.04 Å². The molecule has 1 atom stereocenters. The molecule has 0 unspecified atom stereocenters. The summed E-state index contributed by atoms with van der Waals surface area (Å²) in [5, 5.41) is 12.3. The van der Waals surface area contributed by atoms with Crippen molar-refractivity contribution in [2.45, 2.75) is 11.8 Å². The third-order valence-electron chi connectivity index (χ3n) is 4.74. The van der Waals surface area contributed by atoms with E-state index in [4.69, 9.17) is 0 Å². The van der Waals surface area contributed by atoms with Gasteiger partial charge in [0.2, 0.25) is 10.0 Å². The molecular weight excluding hydrogens is 428 g/mol. The number of thiophene rings is 1. The molecule has 2 N–H and O–H groups in total. The van der Waals surface area contributed by atoms with Crippen molar-refractivity contribution in [3.63, 3.8) is 0 Å². The molecule has 0 saturated carbocycles. The molecule has 8 nitrogen and oxygen atoms in total. The van der Waals surface area contributed by atoms with E-state index in [1.54, 1.807) is 30.3 Å². The lowest BCUT2D eigenvalue weighted by molar-refractivity contribution is -0.139. The highest BCUT2D eigenvalue weighted by atomic mass is 32.2. The van der Waals surface area contributed by atoms with Crippen LogP contribution >= 0.6 is 11.3 Å². The minimum absolute atomic E-state index is 0.165. The Bertz CT molecular complexity index is 1250. The number of carbonyl (C=O) groups is 3. The first-order chi connectivity index (χ1) is 14.2. The van der Waals surface area contributed by atoms with Crippen LogP contribution in [-0.4, -0.2) is 48.8 Å². The van der Waals surface area contributed by atoms with Gasteiger partial charge in [-0.05, 0) is 46.7 Å². The van der Waals surface area contributed by atoms with E-state index in [2.05, 4.69) is 4.72 Å². The highest BCUT2D eigenvalue weighted by Gasteiger charge is 2.38. The molecule has 4 rings (SSSR count). The molecule has 3 aromatic rings. The largest absolute Gasteiger partial charge is 0.480 e. The van der Waals surface area contributed by atoms with Gasteiger partial charge in [-0.2, -0.15) is 4.72 Å². The van der Waals surface area contributed by atoms with Gasteiger partial charge in [0.05, 0.1) is 23.4 Å². The zero-order valence-electron chi connectivity index (χ0n) is 15.4. The number of amides is 2. The summed E-state index contributed by atoms with van der Waals surface area (Å²) < 4.78 is 28.3. The molecule has 30 heavy (non-hydrogen) atoms. The molecular formula is C20H16N2O6S2. The Morgan fingerprint density at radius 2 is 1.73 bits per heavy atom. The van der Waals surface area contributed by atoms with Gasteiger partial charge >= 0.3 is 5.97 Å². The van der Waals surface area contributed by atoms with E-state index in [-0.39, 0.29) is 11.1 Å². The Kier molecular flexibility index (Phi) is 5.14. The first kappa shape index (κ1) is 20.2. The quantitative estimate of drug-likeness (QED) is 0.538. The maximum Gasteiger partial charge on any atom is 0.323 e. The summed E-state index contributed by atoms with van der Waals surface area (Å²) in [6, 6.07) is 11.5. The minimum atomic E-state index is -4.05. The molecule has 2 heterocycles. The van der Waals surface area contributed by atoms with E-state index in [1.807, 2.05) is 11.4 Å². The van der Waals surface area contributed by atoms with Crippen molar-refractivity contribution in [2.24, 2.45) is 0 Å². The lowest BCUT2D eigenvalue weighted by Crippen LogP contribution is -2.50. The van der Waals surface area contributed by atoms with Crippen LogP contribution in [0.1, 0.15) is 26.3 Å². The summed E-state index contributed by atoms with van der Waals surface area (Å²) in [7, 11) is -4.05. The second-order valence-electron chi connectivity index (χ2n) is 6.83. The van der Waals surface area contributed by atoms with Crippen molar-refractivity contribution in [2.75, 3.05) is 6.54 Å². The number of hydrogen-bond donors (Lipinski definition) is 2. The topological polar surface area (TPSA) is 121 Å². The molecule has 2 aromatic carbocycles. The highest BCUT2D eigenvalue weighted by Crippen LogP contribution is 2.24. The maximum atomic E-state index is 12.6. The number of nitrogens with zero attached hydrogens (tertiary/aromatic N) is 1. The number of hydrogen-bond acceptors (Lipinski definition) is 6. The van der Waals surface area contributed by atoms with Gasteiger partial charge in [0.15, 0.2) is 0 Å². The van der Waals surface area contributed by atoms with Crippen molar-refractivity contribution in [3.05, 3.63) is 70.6 Å². The molecule has 0 spiro atoms. The number of imide groups is 1. The van der Waals surface area contributed by atoms with Crippen LogP contribution in [0.4, 0.5) is 0 Å². The fourth-order valence-corrected chi connectivity index (χ4v) is 5.42. The first-order valence-corrected chi connectivity index (χ1v) is 11.4. The Morgan fingerprint density at radius 3 is 2.37 bits per heavy atom. The molecule has 1 aliphatic rings. The molecule has 1 aliphatic heterocycles. The Labute approximate surface area is 175 Å². The summed E-state index contributed by atoms with van der Waals surface area (Å²) >= 11 is 1.53. The van der Waals surface area contributed by atoms with Gasteiger partial charge in [0, 0.05) is 4.70 Å². The van der Waals surface area contributed by atoms with E-state index >= 15 is 0 Å². The summed E-state index contributed by atoms with van der Waals surface area (Å²) in [6.07, 6.45) is 0. The Hall–Kier alpha value is -3.08. The number of carbonyl (C=O) groups excluding carboxylic acids is 2. The van der Waals surface area contributed by atoms with Crippen molar-refractivity contribution in [3.8, 4) is 0 Å². The summed E-state index contributed by atoms with van der Waals surface area (Å²) in [5.41, 5.74) is 0.829. The van der Waals surface area contributed by atoms with Gasteiger partial charge in [-0.1, -0.05) is 18.2 Å². The number of carboxylic acid groups (broad SMARTS) is 1. The van der Waals surface area contributed by atoms with Gasteiger partial charge in [-0.15, -0.1) is 11.3 Å². The normalized spacial score (nSPS) is 14.9. The zero-order valence-corrected chi connectivity index (χ0v) is 17.1. The van der Waals surface area contributed by atoms with Gasteiger partial charge in [-0.25, -0.2) is 8.42 Å². The predicted molar refractivity (Wildman–Crippen MR) is 111 cm³/mol. The van der Waals surface area contributed by atoms with Gasteiger partial charge < -0.3 is 5.11 Å². The van der Waals surface area contributed by atoms with Crippen LogP contribution in [0.2, 0.25) is 0 Å². The number of fused-ring (bicyclic) bond motifs is 2. The Balaban J connectivity index is 1.51. The molecule has 0 bridgehead atoms. The maximum absolute atomic E-state index is 12.6. The van der Waals surface area contributed by atoms with Crippen LogP contribution in [0.5, 0.6) is 0 Å². The molecule has 0 radical (unpaired) electrons. The zero-order chi connectivity index (χ0) is 21.5. The highest BCUT2D eigenvalue weighted by molar-refractivity contribution is 7.88. The summed E-state index contributed by atoms with van der Waals surface area (Å²) in [4.78, 5) is 37.3. The second-order valence-corrected chi connectivity index (χ2v) is 9.53. The molecule has 0 fully saturated rings. The fraction of sp³-hybridized carbons (Fsp3) is 0.150. The third-order valence-corrected chi connectivity index (χ3v) is 6.99. The van der Waals surface area contributed by atoms with Gasteiger partial charge in [0.25, 0.3) is 11.8 Å².